The average molecular weight is 437 g/mol. The average Bonchev–Trinajstić information content (AvgIpc) is 2.58. The molecule has 0 saturated carbocycles. The minimum atomic E-state index is -1.24. The summed E-state index contributed by atoms with van der Waals surface area (Å²) < 4.78 is 0. The van der Waals surface area contributed by atoms with Crippen LogP contribution in [0.25, 0.3) is 0 Å². The number of carboxylic acid groups (broad SMARTS) is 1. The zero-order valence-electron chi connectivity index (χ0n) is 19.1. The van der Waals surface area contributed by atoms with Crippen molar-refractivity contribution in [1.29, 1.82) is 0 Å². The summed E-state index contributed by atoms with van der Waals surface area (Å²) in [5.41, 5.74) is -2.26. The molecule has 2 aliphatic rings. The van der Waals surface area contributed by atoms with Gasteiger partial charge in [-0.05, 0) is 53.2 Å². The second-order valence-electron chi connectivity index (χ2n) is 9.48. The van der Waals surface area contributed by atoms with Crippen molar-refractivity contribution in [3.05, 3.63) is 24.8 Å². The molecule has 0 bridgehead atoms. The highest BCUT2D eigenvalue weighted by molar-refractivity contribution is 5.94. The van der Waals surface area contributed by atoms with Crippen LogP contribution in [0.3, 0.4) is 0 Å². The molecule has 2 amide bonds. The van der Waals surface area contributed by atoms with Crippen LogP contribution in [0.1, 0.15) is 41.0 Å². The fourth-order valence-electron chi connectivity index (χ4n) is 4.32. The lowest BCUT2D eigenvalue weighted by Crippen LogP contribution is -2.75. The fraction of sp³-hybridized carbons (Fsp3) is 0.682. The van der Waals surface area contributed by atoms with Gasteiger partial charge in [-0.2, -0.15) is 0 Å². The molecule has 2 fully saturated rings. The van der Waals surface area contributed by atoms with E-state index in [0.29, 0.717) is 13.0 Å². The van der Waals surface area contributed by atoms with Crippen LogP contribution in [-0.4, -0.2) is 92.7 Å². The van der Waals surface area contributed by atoms with E-state index in [1.165, 1.54) is 12.2 Å². The lowest BCUT2D eigenvalue weighted by atomic mass is 9.81. The number of aliphatic hydroxyl groups is 1. The van der Waals surface area contributed by atoms with Crippen LogP contribution < -0.4 is 10.6 Å². The number of nitrogens with one attached hydrogen (secondary N) is 2. The predicted octanol–water partition coefficient (Wildman–Crippen LogP) is 0.111. The van der Waals surface area contributed by atoms with Gasteiger partial charge < -0.3 is 20.8 Å². The summed E-state index contributed by atoms with van der Waals surface area (Å²) in [4.78, 5) is 39.7. The summed E-state index contributed by atoms with van der Waals surface area (Å²) >= 11 is 0. The smallest absolute Gasteiger partial charge is 0.332 e. The summed E-state index contributed by atoms with van der Waals surface area (Å²) in [7, 11) is 0. The van der Waals surface area contributed by atoms with Crippen molar-refractivity contribution >= 4 is 17.8 Å². The van der Waals surface area contributed by atoms with Crippen LogP contribution in [0.4, 0.5) is 0 Å². The highest BCUT2D eigenvalue weighted by Gasteiger charge is 2.51. The van der Waals surface area contributed by atoms with Crippen molar-refractivity contribution in [2.45, 2.75) is 76.3 Å². The van der Waals surface area contributed by atoms with Crippen LogP contribution in [0.5, 0.6) is 0 Å². The first kappa shape index (κ1) is 25.0. The highest BCUT2D eigenvalue weighted by Crippen LogP contribution is 2.31. The van der Waals surface area contributed by atoms with E-state index in [1.54, 1.807) is 19.9 Å². The van der Waals surface area contributed by atoms with Crippen LogP contribution in [0.2, 0.25) is 0 Å². The van der Waals surface area contributed by atoms with E-state index in [0.717, 1.165) is 0 Å². The highest BCUT2D eigenvalue weighted by atomic mass is 16.4. The van der Waals surface area contributed by atoms with Gasteiger partial charge in [0, 0.05) is 31.7 Å². The van der Waals surface area contributed by atoms with Gasteiger partial charge in [0.2, 0.25) is 11.8 Å². The number of carboxylic acids is 1. The zero-order chi connectivity index (χ0) is 23.6. The monoisotopic (exact) mass is 436 g/mol. The molecule has 31 heavy (non-hydrogen) atoms. The first-order chi connectivity index (χ1) is 14.3. The lowest BCUT2D eigenvalue weighted by molar-refractivity contribution is -0.156. The Bertz CT molecular complexity index is 737. The van der Waals surface area contributed by atoms with Crippen molar-refractivity contribution in [3.8, 4) is 0 Å². The maximum absolute atomic E-state index is 12.3. The van der Waals surface area contributed by atoms with E-state index in [-0.39, 0.29) is 43.2 Å². The first-order valence-electron chi connectivity index (χ1n) is 10.7. The number of hydrogen-bond donors (Lipinski definition) is 4. The number of hydrogen-bond acceptors (Lipinski definition) is 6. The van der Waals surface area contributed by atoms with Gasteiger partial charge in [0.05, 0.1) is 17.7 Å². The summed E-state index contributed by atoms with van der Waals surface area (Å²) in [6.45, 7) is 14.0. The molecule has 2 heterocycles. The van der Waals surface area contributed by atoms with Crippen molar-refractivity contribution in [3.63, 3.8) is 0 Å². The molecule has 2 saturated heterocycles. The summed E-state index contributed by atoms with van der Waals surface area (Å²) in [5.74, 6) is -1.74. The number of nitrogens with zero attached hydrogens (tertiary/aromatic N) is 2. The Morgan fingerprint density at radius 2 is 1.84 bits per heavy atom. The van der Waals surface area contributed by atoms with Crippen LogP contribution in [0, 0.1) is 0 Å². The van der Waals surface area contributed by atoms with E-state index in [2.05, 4.69) is 22.1 Å². The zero-order valence-corrected chi connectivity index (χ0v) is 19.1. The maximum Gasteiger partial charge on any atom is 0.332 e. The van der Waals surface area contributed by atoms with Crippen molar-refractivity contribution in [2.24, 2.45) is 0 Å². The molecule has 2 unspecified atom stereocenters. The number of carbonyl (C=O) groups excluding carboxylic acids is 2. The molecule has 2 aliphatic heterocycles. The van der Waals surface area contributed by atoms with Gasteiger partial charge in [-0.1, -0.05) is 12.7 Å². The van der Waals surface area contributed by atoms with Gasteiger partial charge >= 0.3 is 5.97 Å². The molecule has 2 rings (SSSR count). The fourth-order valence-corrected chi connectivity index (χ4v) is 4.32. The molecule has 0 aliphatic carbocycles. The van der Waals surface area contributed by atoms with Gasteiger partial charge in [0.15, 0.2) is 5.54 Å². The molecule has 9 heteroatoms. The van der Waals surface area contributed by atoms with Crippen molar-refractivity contribution < 1.29 is 24.6 Å². The molecular formula is C22H36N4O5. The van der Waals surface area contributed by atoms with Crippen molar-refractivity contribution in [2.75, 3.05) is 19.6 Å². The van der Waals surface area contributed by atoms with Gasteiger partial charge in [-0.25, -0.2) is 4.79 Å². The molecule has 0 aromatic carbocycles. The molecule has 0 aromatic rings. The number of aliphatic carboxylic acids is 1. The van der Waals surface area contributed by atoms with Gasteiger partial charge in [-0.15, -0.1) is 0 Å². The topological polar surface area (TPSA) is 122 Å². The Balaban J connectivity index is 1.90. The van der Waals surface area contributed by atoms with E-state index in [4.69, 9.17) is 0 Å². The second kappa shape index (κ2) is 9.50. The van der Waals surface area contributed by atoms with E-state index in [9.17, 15) is 24.6 Å². The Morgan fingerprint density at radius 1 is 1.23 bits per heavy atom. The maximum atomic E-state index is 12.3. The summed E-state index contributed by atoms with van der Waals surface area (Å²) in [6.07, 6.45) is 4.84. The van der Waals surface area contributed by atoms with Gasteiger partial charge in [0.25, 0.3) is 0 Å². The number of carbonyl (C=O) groups is 3. The van der Waals surface area contributed by atoms with Gasteiger partial charge in [-0.3, -0.25) is 19.4 Å². The summed E-state index contributed by atoms with van der Waals surface area (Å²) in [6, 6.07) is -0.203. The molecule has 3 atom stereocenters. The Morgan fingerprint density at radius 3 is 2.32 bits per heavy atom. The quantitative estimate of drug-likeness (QED) is 0.359. The molecule has 0 spiro atoms. The van der Waals surface area contributed by atoms with Crippen LogP contribution >= 0.6 is 0 Å². The normalized spacial score (nSPS) is 24.9. The molecule has 0 radical (unpaired) electrons. The predicted molar refractivity (Wildman–Crippen MR) is 117 cm³/mol. The minimum Gasteiger partial charge on any atom is -0.479 e. The Hall–Kier alpha value is -2.23. The van der Waals surface area contributed by atoms with E-state index >= 15 is 0 Å². The minimum absolute atomic E-state index is 0.0194. The third-order valence-electron chi connectivity index (χ3n) is 6.14. The second-order valence-corrected chi connectivity index (χ2v) is 9.48. The molecular weight excluding hydrogens is 400 g/mol. The standard InChI is InChI=1S/C22H36N4O5/c1-7-17(27)23-16-11-26(19(16)21(5,6)31)15(4)9-8-10-18(28)24-22(20(29)30)12-25(13-22)14(2)3/h7-8,10,14-16,19,31H,1,9,11-13H2,2-6H3,(H,23,27)(H,24,28)(H,29,30)/b10-8+/t15-,16?,19?/m1/s1. The number of amides is 2. The molecule has 9 nitrogen and oxygen atoms in total. The molecule has 4 N–H and O–H groups in total. The third kappa shape index (κ3) is 5.72. The number of likely N-dealkylation sites (tertiary alicyclic amines) is 2. The van der Waals surface area contributed by atoms with Crippen LogP contribution in [-0.2, 0) is 14.4 Å². The number of rotatable bonds is 10. The lowest BCUT2D eigenvalue weighted by Gasteiger charge is -2.55. The molecule has 0 aromatic heterocycles. The van der Waals surface area contributed by atoms with Crippen molar-refractivity contribution in [1.82, 2.24) is 20.4 Å². The Labute approximate surface area is 184 Å². The Kier molecular flexibility index (Phi) is 7.67. The summed E-state index contributed by atoms with van der Waals surface area (Å²) in [5, 5.41) is 25.6. The SMILES string of the molecule is C=CC(=O)NC1CN([C@H](C)C/C=C/C(=O)NC2(C(=O)O)CN(C(C)C)C2)C1C(C)(C)O. The third-order valence-corrected chi connectivity index (χ3v) is 6.14. The van der Waals surface area contributed by atoms with Gasteiger partial charge in [0.1, 0.15) is 0 Å². The molecule has 174 valence electrons. The van der Waals surface area contributed by atoms with E-state index < -0.39 is 23.0 Å². The largest absolute Gasteiger partial charge is 0.479 e. The van der Waals surface area contributed by atoms with E-state index in [1.807, 2.05) is 25.7 Å². The van der Waals surface area contributed by atoms with Crippen LogP contribution in [0.15, 0.2) is 24.8 Å². The first-order valence-corrected chi connectivity index (χ1v) is 10.7.